The van der Waals surface area contributed by atoms with Crippen molar-refractivity contribution in [1.29, 1.82) is 0 Å². The van der Waals surface area contributed by atoms with Gasteiger partial charge in [-0.2, -0.15) is 0 Å². The van der Waals surface area contributed by atoms with Crippen molar-refractivity contribution >= 4 is 7.60 Å². The van der Waals surface area contributed by atoms with Crippen LogP contribution in [0.25, 0.3) is 0 Å². The van der Waals surface area contributed by atoms with E-state index in [9.17, 15) is 9.46 Å². The Hall–Kier alpha value is 0.110. The highest BCUT2D eigenvalue weighted by Crippen LogP contribution is 2.31. The van der Waals surface area contributed by atoms with Gasteiger partial charge in [0, 0.05) is 13.3 Å². The molecule has 0 aliphatic rings. The summed E-state index contributed by atoms with van der Waals surface area (Å²) in [7, 11) is -3.51. The Bertz CT molecular complexity index is 225. The Balaban J connectivity index is 3.06. The van der Waals surface area contributed by atoms with Gasteiger partial charge in [-0.3, -0.25) is 0 Å². The summed E-state index contributed by atoms with van der Waals surface area (Å²) in [5.74, 6) is 0. The van der Waals surface area contributed by atoms with E-state index in [1.165, 1.54) is 19.3 Å². The summed E-state index contributed by atoms with van der Waals surface area (Å²) in [4.78, 5) is 10.7. The lowest BCUT2D eigenvalue weighted by Gasteiger charge is -2.17. The monoisotopic (exact) mass is 279 g/mol. The van der Waals surface area contributed by atoms with Crippen molar-refractivity contribution in [2.75, 3.05) is 19.9 Å². The quantitative estimate of drug-likeness (QED) is 0.406. The van der Waals surface area contributed by atoms with Crippen molar-refractivity contribution in [3.8, 4) is 0 Å². The normalized spacial score (nSPS) is 14.9. The summed E-state index contributed by atoms with van der Waals surface area (Å²) in [5.41, 5.74) is 0. The second-order valence-electron chi connectivity index (χ2n) is 5.00. The van der Waals surface area contributed by atoms with Crippen molar-refractivity contribution < 1.29 is 18.7 Å². The molecule has 0 spiro atoms. The Morgan fingerprint density at radius 3 is 1.83 bits per heavy atom. The molecule has 4 nitrogen and oxygen atoms in total. The SMILES string of the molecule is CC(C)OCCCCCCCCCOP(C)(=O)[O-]. The highest BCUT2D eigenvalue weighted by molar-refractivity contribution is 7.50. The van der Waals surface area contributed by atoms with Crippen LogP contribution in [-0.2, 0) is 13.8 Å². The van der Waals surface area contributed by atoms with Crippen LogP contribution in [0.5, 0.6) is 0 Å². The van der Waals surface area contributed by atoms with Gasteiger partial charge in [0.15, 0.2) is 0 Å². The fourth-order valence-electron chi connectivity index (χ4n) is 1.64. The Labute approximate surface area is 112 Å². The standard InChI is InChI=1S/C13H29O4P/c1-13(2)16-11-9-7-5-4-6-8-10-12-17-18(3,14)15/h13H,4-12H2,1-3H3,(H,14,15)/p-1. The van der Waals surface area contributed by atoms with E-state index < -0.39 is 7.60 Å². The van der Waals surface area contributed by atoms with Gasteiger partial charge >= 0.3 is 0 Å². The zero-order chi connectivity index (χ0) is 13.9. The van der Waals surface area contributed by atoms with E-state index in [-0.39, 0.29) is 0 Å². The molecule has 0 bridgehead atoms. The van der Waals surface area contributed by atoms with E-state index in [1.807, 2.05) is 0 Å². The first-order chi connectivity index (χ1) is 8.42. The summed E-state index contributed by atoms with van der Waals surface area (Å²) in [5, 5.41) is 0. The summed E-state index contributed by atoms with van der Waals surface area (Å²) in [6, 6.07) is 0. The molecule has 1 unspecified atom stereocenters. The molecular weight excluding hydrogens is 251 g/mol. The average Bonchev–Trinajstić information content (AvgIpc) is 2.24. The van der Waals surface area contributed by atoms with Crippen LogP contribution in [0.15, 0.2) is 0 Å². The molecule has 0 rings (SSSR count). The average molecular weight is 279 g/mol. The minimum atomic E-state index is -3.51. The van der Waals surface area contributed by atoms with Crippen molar-refractivity contribution in [3.05, 3.63) is 0 Å². The molecule has 0 N–H and O–H groups in total. The lowest BCUT2D eigenvalue weighted by molar-refractivity contribution is -0.196. The van der Waals surface area contributed by atoms with Gasteiger partial charge in [-0.1, -0.05) is 32.1 Å². The van der Waals surface area contributed by atoms with Crippen LogP contribution in [0.1, 0.15) is 58.8 Å². The first-order valence-electron chi connectivity index (χ1n) is 6.96. The second kappa shape index (κ2) is 11.0. The number of rotatable bonds is 12. The largest absolute Gasteiger partial charge is 0.779 e. The number of unbranched alkanes of at least 4 members (excludes halogenated alkanes) is 6. The van der Waals surface area contributed by atoms with Crippen LogP contribution < -0.4 is 4.89 Å². The van der Waals surface area contributed by atoms with Gasteiger partial charge in [0.25, 0.3) is 0 Å². The topological polar surface area (TPSA) is 58.6 Å². The minimum Gasteiger partial charge on any atom is -0.779 e. The summed E-state index contributed by atoms with van der Waals surface area (Å²) in [6.45, 7) is 6.42. The maximum atomic E-state index is 10.7. The minimum absolute atomic E-state index is 0.333. The van der Waals surface area contributed by atoms with Gasteiger partial charge in [0.2, 0.25) is 0 Å². The van der Waals surface area contributed by atoms with E-state index in [4.69, 9.17) is 9.26 Å². The molecule has 0 fully saturated rings. The molecule has 0 amide bonds. The van der Waals surface area contributed by atoms with E-state index in [2.05, 4.69) is 13.8 Å². The summed E-state index contributed by atoms with van der Waals surface area (Å²) in [6.07, 6.45) is 8.16. The van der Waals surface area contributed by atoms with Crippen LogP contribution in [0.3, 0.4) is 0 Å². The van der Waals surface area contributed by atoms with Gasteiger partial charge < -0.3 is 18.7 Å². The van der Waals surface area contributed by atoms with Gasteiger partial charge in [-0.25, -0.2) is 0 Å². The molecule has 1 atom stereocenters. The molecule has 18 heavy (non-hydrogen) atoms. The fourth-order valence-corrected chi connectivity index (χ4v) is 2.10. The molecule has 0 heterocycles. The van der Waals surface area contributed by atoms with E-state index >= 15 is 0 Å². The Morgan fingerprint density at radius 2 is 1.39 bits per heavy atom. The molecule has 5 heteroatoms. The fraction of sp³-hybridized carbons (Fsp3) is 1.00. The smallest absolute Gasteiger partial charge is 0.131 e. The number of hydrogen-bond acceptors (Lipinski definition) is 4. The zero-order valence-corrected chi connectivity index (χ0v) is 12.9. The molecule has 0 aromatic carbocycles. The van der Waals surface area contributed by atoms with E-state index in [0.29, 0.717) is 12.7 Å². The zero-order valence-electron chi connectivity index (χ0n) is 12.0. The van der Waals surface area contributed by atoms with Crippen molar-refractivity contribution in [2.45, 2.75) is 64.9 Å². The second-order valence-corrected chi connectivity index (χ2v) is 6.80. The third-order valence-corrected chi connectivity index (χ3v) is 3.22. The molecule has 0 aliphatic carbocycles. The maximum Gasteiger partial charge on any atom is 0.131 e. The lowest BCUT2D eigenvalue weighted by atomic mass is 10.1. The highest BCUT2D eigenvalue weighted by Gasteiger charge is 1.98. The first-order valence-corrected chi connectivity index (χ1v) is 8.95. The van der Waals surface area contributed by atoms with Crippen LogP contribution in [0.4, 0.5) is 0 Å². The molecule has 0 saturated carbocycles. The van der Waals surface area contributed by atoms with Gasteiger partial charge in [-0.05, 0) is 26.7 Å². The predicted octanol–water partition coefficient (Wildman–Crippen LogP) is 3.34. The third kappa shape index (κ3) is 16.1. The maximum absolute atomic E-state index is 10.7. The van der Waals surface area contributed by atoms with Gasteiger partial charge in [0.1, 0.15) is 7.60 Å². The molecule has 0 aromatic heterocycles. The Morgan fingerprint density at radius 1 is 0.944 bits per heavy atom. The van der Waals surface area contributed by atoms with Crippen molar-refractivity contribution in [1.82, 2.24) is 0 Å². The van der Waals surface area contributed by atoms with Crippen LogP contribution in [-0.4, -0.2) is 26.0 Å². The van der Waals surface area contributed by atoms with E-state index in [0.717, 1.165) is 39.0 Å². The molecule has 0 aromatic rings. The summed E-state index contributed by atoms with van der Waals surface area (Å²) >= 11 is 0. The molecular formula is C13H28O4P-. The molecule has 0 aliphatic heterocycles. The van der Waals surface area contributed by atoms with Crippen LogP contribution >= 0.6 is 7.60 Å². The highest BCUT2D eigenvalue weighted by atomic mass is 31.2. The van der Waals surface area contributed by atoms with Crippen LogP contribution in [0.2, 0.25) is 0 Å². The van der Waals surface area contributed by atoms with Crippen molar-refractivity contribution in [3.63, 3.8) is 0 Å². The molecule has 110 valence electrons. The summed E-state index contributed by atoms with van der Waals surface area (Å²) < 4.78 is 20.9. The number of ether oxygens (including phenoxy) is 1. The molecule has 0 saturated heterocycles. The molecule has 0 radical (unpaired) electrons. The third-order valence-electron chi connectivity index (χ3n) is 2.57. The lowest BCUT2D eigenvalue weighted by Crippen LogP contribution is -2.03. The van der Waals surface area contributed by atoms with Crippen LogP contribution in [0, 0.1) is 0 Å². The number of hydrogen-bond donors (Lipinski definition) is 0. The predicted molar refractivity (Wildman–Crippen MR) is 72.9 cm³/mol. The Kier molecular flexibility index (Phi) is 11.0. The van der Waals surface area contributed by atoms with Crippen molar-refractivity contribution in [2.24, 2.45) is 0 Å². The van der Waals surface area contributed by atoms with Gasteiger partial charge in [0.05, 0.1) is 12.7 Å². The van der Waals surface area contributed by atoms with E-state index in [1.54, 1.807) is 0 Å². The first kappa shape index (κ1) is 18.1. The van der Waals surface area contributed by atoms with Gasteiger partial charge in [-0.15, -0.1) is 0 Å².